The Morgan fingerprint density at radius 1 is 1.35 bits per heavy atom. The number of carboxylic acid groups (broad SMARTS) is 1. The number of benzene rings is 1. The molecule has 0 fully saturated rings. The van der Waals surface area contributed by atoms with Crippen LogP contribution in [-0.4, -0.2) is 40.8 Å². The number of ether oxygens (including phenoxy) is 2. The van der Waals surface area contributed by atoms with Crippen LogP contribution in [0.25, 0.3) is 0 Å². The second kappa shape index (κ2) is 7.14. The third-order valence-electron chi connectivity index (χ3n) is 3.28. The number of aliphatic carboxylic acids is 1. The molecule has 1 aliphatic heterocycles. The number of alkyl carbamates (subject to hydrolysis) is 1. The summed E-state index contributed by atoms with van der Waals surface area (Å²) in [6.07, 6.45) is -2.75. The van der Waals surface area contributed by atoms with Gasteiger partial charge in [0.05, 0.1) is 5.69 Å². The highest BCUT2D eigenvalue weighted by Gasteiger charge is 2.35. The molecule has 0 spiro atoms. The van der Waals surface area contributed by atoms with Crippen LogP contribution in [0, 0.1) is 11.6 Å². The van der Waals surface area contributed by atoms with Gasteiger partial charge >= 0.3 is 12.1 Å². The topological polar surface area (TPSA) is 114 Å². The molecule has 0 aromatic heterocycles. The van der Waals surface area contributed by atoms with Crippen LogP contribution >= 0.6 is 0 Å². The Balaban J connectivity index is 2.11. The van der Waals surface area contributed by atoms with Gasteiger partial charge in [0.15, 0.2) is 17.7 Å². The molecule has 1 aliphatic rings. The van der Waals surface area contributed by atoms with Crippen molar-refractivity contribution < 1.29 is 37.7 Å². The molecule has 0 aliphatic carbocycles. The molecule has 2 atom stereocenters. The van der Waals surface area contributed by atoms with Crippen molar-refractivity contribution in [1.29, 1.82) is 0 Å². The van der Waals surface area contributed by atoms with Gasteiger partial charge in [-0.25, -0.2) is 18.4 Å². The van der Waals surface area contributed by atoms with Crippen LogP contribution in [-0.2, 0) is 14.3 Å². The molecular weight excluding hydrogens is 354 g/mol. The largest absolute Gasteiger partial charge is 0.480 e. The smallest absolute Gasteiger partial charge is 0.408 e. The molecule has 1 heterocycles. The van der Waals surface area contributed by atoms with Gasteiger partial charge in [-0.2, -0.15) is 0 Å². The summed E-state index contributed by atoms with van der Waals surface area (Å²) in [6, 6.07) is 0.00748. The molecule has 0 saturated heterocycles. The van der Waals surface area contributed by atoms with Gasteiger partial charge in [0, 0.05) is 18.6 Å². The highest BCUT2D eigenvalue weighted by molar-refractivity contribution is 5.98. The van der Waals surface area contributed by atoms with Crippen LogP contribution in [0.15, 0.2) is 12.1 Å². The van der Waals surface area contributed by atoms with Crippen LogP contribution in [0.5, 0.6) is 5.75 Å². The van der Waals surface area contributed by atoms with Crippen molar-refractivity contribution in [3.8, 4) is 5.75 Å². The quantitative estimate of drug-likeness (QED) is 0.745. The molecule has 1 unspecified atom stereocenters. The lowest BCUT2D eigenvalue weighted by Crippen LogP contribution is -2.48. The summed E-state index contributed by atoms with van der Waals surface area (Å²) in [5.41, 5.74) is -0.913. The Labute approximate surface area is 147 Å². The molecule has 3 N–H and O–H groups in total. The molecule has 2 amide bonds. The zero-order chi connectivity index (χ0) is 19.6. The minimum atomic E-state index is -1.49. The van der Waals surface area contributed by atoms with Gasteiger partial charge in [-0.15, -0.1) is 0 Å². The fourth-order valence-corrected chi connectivity index (χ4v) is 2.18. The van der Waals surface area contributed by atoms with Crippen LogP contribution in [0.1, 0.15) is 27.2 Å². The SMILES string of the molecule is CC(C)(C)OC(=O)NC(C[C@@H]1Oc2cc(F)c(F)cc2NC1=O)C(=O)O. The molecule has 1 aromatic carbocycles. The number of carbonyl (C=O) groups is 3. The zero-order valence-electron chi connectivity index (χ0n) is 14.3. The van der Waals surface area contributed by atoms with Crippen LogP contribution < -0.4 is 15.4 Å². The fourth-order valence-electron chi connectivity index (χ4n) is 2.18. The first-order valence-electron chi connectivity index (χ1n) is 7.65. The zero-order valence-corrected chi connectivity index (χ0v) is 14.3. The van der Waals surface area contributed by atoms with Gasteiger partial charge in [-0.3, -0.25) is 4.79 Å². The number of carboxylic acids is 1. The molecule has 26 heavy (non-hydrogen) atoms. The normalized spacial score (nSPS) is 17.4. The molecule has 142 valence electrons. The lowest BCUT2D eigenvalue weighted by molar-refractivity contribution is -0.140. The number of rotatable bonds is 4. The van der Waals surface area contributed by atoms with E-state index in [1.807, 2.05) is 0 Å². The minimum Gasteiger partial charge on any atom is -0.480 e. The second-order valence-electron chi connectivity index (χ2n) is 6.63. The van der Waals surface area contributed by atoms with Gasteiger partial charge in [0.25, 0.3) is 5.91 Å². The predicted octanol–water partition coefficient (Wildman–Crippen LogP) is 2.03. The minimum absolute atomic E-state index is 0.0721. The second-order valence-corrected chi connectivity index (χ2v) is 6.63. The Hall–Kier alpha value is -2.91. The highest BCUT2D eigenvalue weighted by Crippen LogP contribution is 2.32. The monoisotopic (exact) mass is 372 g/mol. The number of halogens is 2. The van der Waals surface area contributed by atoms with Gasteiger partial charge in [-0.05, 0) is 20.8 Å². The van der Waals surface area contributed by atoms with Crippen molar-refractivity contribution >= 4 is 23.7 Å². The molecule has 0 saturated carbocycles. The molecular formula is C16H18F2N2O6. The number of anilines is 1. The maximum Gasteiger partial charge on any atom is 0.408 e. The summed E-state index contributed by atoms with van der Waals surface area (Å²) in [4.78, 5) is 35.1. The van der Waals surface area contributed by atoms with E-state index in [9.17, 15) is 28.3 Å². The summed E-state index contributed by atoms with van der Waals surface area (Å²) < 4.78 is 36.8. The fraction of sp³-hybridized carbons (Fsp3) is 0.438. The Morgan fingerprint density at radius 3 is 2.54 bits per heavy atom. The summed E-state index contributed by atoms with van der Waals surface area (Å²) in [6.45, 7) is 4.81. The standard InChI is InChI=1S/C16H18F2N2O6/c1-16(2,3)26-15(24)20-10(14(22)23)6-12-13(21)19-9-4-7(17)8(18)5-11(9)25-12/h4-5,10,12H,6H2,1-3H3,(H,19,21)(H,20,24)(H,22,23)/t10?,12-/m0/s1. The highest BCUT2D eigenvalue weighted by atomic mass is 19.2. The average Bonchev–Trinajstić information content (AvgIpc) is 2.47. The molecule has 1 aromatic rings. The lowest BCUT2D eigenvalue weighted by Gasteiger charge is -2.28. The van der Waals surface area contributed by atoms with Crippen LogP contribution in [0.2, 0.25) is 0 Å². The summed E-state index contributed by atoms with van der Waals surface area (Å²) in [7, 11) is 0. The molecule has 0 bridgehead atoms. The van der Waals surface area contributed by atoms with Gasteiger partial charge < -0.3 is 25.2 Å². The number of fused-ring (bicyclic) bond motifs is 1. The van der Waals surface area contributed by atoms with E-state index in [2.05, 4.69) is 10.6 Å². The first-order chi connectivity index (χ1) is 12.0. The van der Waals surface area contributed by atoms with Gasteiger partial charge in [-0.1, -0.05) is 0 Å². The lowest BCUT2D eigenvalue weighted by atomic mass is 10.1. The Kier molecular flexibility index (Phi) is 5.33. The maximum absolute atomic E-state index is 13.3. The van der Waals surface area contributed by atoms with Crippen molar-refractivity contribution in [3.05, 3.63) is 23.8 Å². The third kappa shape index (κ3) is 4.80. The predicted molar refractivity (Wildman–Crippen MR) is 84.8 cm³/mol. The van der Waals surface area contributed by atoms with Crippen LogP contribution in [0.4, 0.5) is 19.3 Å². The number of carbonyl (C=O) groups excluding carboxylic acids is 2. The van der Waals surface area contributed by atoms with E-state index < -0.39 is 53.8 Å². The van der Waals surface area contributed by atoms with Crippen molar-refractivity contribution in [2.75, 3.05) is 5.32 Å². The van der Waals surface area contributed by atoms with Crippen molar-refractivity contribution in [3.63, 3.8) is 0 Å². The van der Waals surface area contributed by atoms with Crippen molar-refractivity contribution in [1.82, 2.24) is 5.32 Å². The van der Waals surface area contributed by atoms with Crippen molar-refractivity contribution in [2.24, 2.45) is 0 Å². The summed E-state index contributed by atoms with van der Waals surface area (Å²) in [5.74, 6) is -4.65. The van der Waals surface area contributed by atoms with E-state index in [0.29, 0.717) is 0 Å². The summed E-state index contributed by atoms with van der Waals surface area (Å²) in [5, 5.41) is 13.7. The van der Waals surface area contributed by atoms with E-state index in [1.54, 1.807) is 20.8 Å². The van der Waals surface area contributed by atoms with E-state index in [4.69, 9.17) is 9.47 Å². The molecule has 2 rings (SSSR count). The average molecular weight is 372 g/mol. The van der Waals surface area contributed by atoms with E-state index >= 15 is 0 Å². The number of hydrogen-bond donors (Lipinski definition) is 3. The van der Waals surface area contributed by atoms with Gasteiger partial charge in [0.2, 0.25) is 0 Å². The molecule has 8 nitrogen and oxygen atoms in total. The Morgan fingerprint density at radius 2 is 1.96 bits per heavy atom. The number of amides is 2. The third-order valence-corrected chi connectivity index (χ3v) is 3.28. The first kappa shape index (κ1) is 19.4. The van der Waals surface area contributed by atoms with E-state index in [1.165, 1.54) is 0 Å². The number of nitrogens with one attached hydrogen (secondary N) is 2. The maximum atomic E-state index is 13.3. The first-order valence-corrected chi connectivity index (χ1v) is 7.65. The van der Waals surface area contributed by atoms with E-state index in [0.717, 1.165) is 12.1 Å². The van der Waals surface area contributed by atoms with Crippen molar-refractivity contribution in [2.45, 2.75) is 44.9 Å². The van der Waals surface area contributed by atoms with Gasteiger partial charge in [0.1, 0.15) is 17.4 Å². The molecule has 10 heteroatoms. The van der Waals surface area contributed by atoms with E-state index in [-0.39, 0.29) is 11.4 Å². The molecule has 0 radical (unpaired) electrons. The summed E-state index contributed by atoms with van der Waals surface area (Å²) >= 11 is 0. The van der Waals surface area contributed by atoms with Crippen LogP contribution in [0.3, 0.4) is 0 Å². The Bertz CT molecular complexity index is 747. The number of hydrogen-bond acceptors (Lipinski definition) is 5.